The normalized spacial score (nSPS) is 15.1. The van der Waals surface area contributed by atoms with Gasteiger partial charge in [0.1, 0.15) is 6.54 Å². The third kappa shape index (κ3) is 3.09. The molecule has 4 aromatic rings. The Bertz CT molecular complexity index is 1230. The third-order valence-electron chi connectivity index (χ3n) is 6.50. The number of carbonyl (C=O) groups is 1. The number of hydrogen-bond acceptors (Lipinski definition) is 2. The van der Waals surface area contributed by atoms with E-state index >= 15 is 0 Å². The summed E-state index contributed by atoms with van der Waals surface area (Å²) in [7, 11) is 0. The second-order valence-electron chi connectivity index (χ2n) is 8.23. The SMILES string of the molecule is O=C(Cn1c2ccccc2c(=O)c2ccccc21)NCC1(c2ccccc2)CCC1. The molecule has 0 atom stereocenters. The van der Waals surface area contributed by atoms with Crippen molar-refractivity contribution in [2.75, 3.05) is 6.54 Å². The van der Waals surface area contributed by atoms with Gasteiger partial charge in [0.2, 0.25) is 5.91 Å². The average molecular weight is 396 g/mol. The minimum atomic E-state index is -0.0313. The molecule has 30 heavy (non-hydrogen) atoms. The molecule has 1 aliphatic carbocycles. The van der Waals surface area contributed by atoms with Crippen LogP contribution >= 0.6 is 0 Å². The minimum Gasteiger partial charge on any atom is -0.354 e. The standard InChI is InChI=1S/C26H24N2O2/c29-24(27-18-26(15-8-16-26)19-9-2-1-3-10-19)17-28-22-13-6-4-11-20(22)25(30)21-12-5-7-14-23(21)28/h1-7,9-14H,8,15-18H2,(H,27,29). The van der Waals surface area contributed by atoms with Crippen molar-refractivity contribution in [1.29, 1.82) is 0 Å². The van der Waals surface area contributed by atoms with Gasteiger partial charge in [0.15, 0.2) is 5.43 Å². The molecule has 4 nitrogen and oxygen atoms in total. The fourth-order valence-corrected chi connectivity index (χ4v) is 4.68. The molecule has 3 aromatic carbocycles. The first-order valence-electron chi connectivity index (χ1n) is 10.5. The van der Waals surface area contributed by atoms with Crippen molar-refractivity contribution in [3.63, 3.8) is 0 Å². The fraction of sp³-hybridized carbons (Fsp3) is 0.231. The van der Waals surface area contributed by atoms with Gasteiger partial charge in [0, 0.05) is 22.7 Å². The fourth-order valence-electron chi connectivity index (χ4n) is 4.68. The number of rotatable bonds is 5. The number of amides is 1. The number of aromatic nitrogens is 1. The zero-order chi connectivity index (χ0) is 20.6. The monoisotopic (exact) mass is 396 g/mol. The molecule has 0 radical (unpaired) electrons. The summed E-state index contributed by atoms with van der Waals surface area (Å²) in [5.41, 5.74) is 2.94. The van der Waals surface area contributed by atoms with E-state index in [1.165, 1.54) is 12.0 Å². The first kappa shape index (κ1) is 18.6. The minimum absolute atomic E-state index is 0.00959. The Kier molecular flexibility index (Phi) is 4.62. The molecule has 0 unspecified atom stereocenters. The molecule has 1 saturated carbocycles. The Hall–Kier alpha value is -3.40. The Morgan fingerprint density at radius 1 is 0.833 bits per heavy atom. The number of pyridine rings is 1. The maximum absolute atomic E-state index is 13.0. The lowest BCUT2D eigenvalue weighted by molar-refractivity contribution is -0.122. The van der Waals surface area contributed by atoms with Crippen molar-refractivity contribution >= 4 is 27.7 Å². The van der Waals surface area contributed by atoms with E-state index in [1.807, 2.05) is 59.2 Å². The zero-order valence-electron chi connectivity index (χ0n) is 16.8. The van der Waals surface area contributed by atoms with Gasteiger partial charge in [0.25, 0.3) is 0 Å². The molecule has 1 heterocycles. The van der Waals surface area contributed by atoms with E-state index in [2.05, 4.69) is 29.6 Å². The van der Waals surface area contributed by atoms with E-state index in [0.717, 1.165) is 23.9 Å². The van der Waals surface area contributed by atoms with Crippen LogP contribution in [0.3, 0.4) is 0 Å². The smallest absolute Gasteiger partial charge is 0.239 e. The molecule has 0 saturated heterocycles. The van der Waals surface area contributed by atoms with Gasteiger partial charge < -0.3 is 9.88 Å². The summed E-state index contributed by atoms with van der Waals surface area (Å²) < 4.78 is 1.96. The summed E-state index contributed by atoms with van der Waals surface area (Å²) in [4.78, 5) is 25.9. The maximum Gasteiger partial charge on any atom is 0.239 e. The van der Waals surface area contributed by atoms with E-state index in [1.54, 1.807) is 0 Å². The molecule has 1 fully saturated rings. The number of fused-ring (bicyclic) bond motifs is 2. The molecule has 1 N–H and O–H groups in total. The van der Waals surface area contributed by atoms with Crippen molar-refractivity contribution in [2.45, 2.75) is 31.2 Å². The summed E-state index contributed by atoms with van der Waals surface area (Å²) in [6.45, 7) is 0.831. The second-order valence-corrected chi connectivity index (χ2v) is 8.23. The second kappa shape index (κ2) is 7.45. The van der Waals surface area contributed by atoms with Crippen LogP contribution in [0.5, 0.6) is 0 Å². The summed E-state index contributed by atoms with van der Waals surface area (Å²) in [6.07, 6.45) is 3.39. The number of hydrogen-bond donors (Lipinski definition) is 1. The van der Waals surface area contributed by atoms with Crippen LogP contribution in [0, 0.1) is 0 Å². The van der Waals surface area contributed by atoms with Crippen molar-refractivity contribution in [3.05, 3.63) is 94.6 Å². The van der Waals surface area contributed by atoms with Crippen molar-refractivity contribution < 1.29 is 4.79 Å². The molecular formula is C26H24N2O2. The van der Waals surface area contributed by atoms with Crippen molar-refractivity contribution in [3.8, 4) is 0 Å². The third-order valence-corrected chi connectivity index (χ3v) is 6.50. The van der Waals surface area contributed by atoms with Gasteiger partial charge in [-0.05, 0) is 42.7 Å². The highest BCUT2D eigenvalue weighted by Crippen LogP contribution is 2.43. The van der Waals surface area contributed by atoms with Gasteiger partial charge in [-0.3, -0.25) is 9.59 Å². The largest absolute Gasteiger partial charge is 0.354 e. The van der Waals surface area contributed by atoms with Crippen LogP contribution in [0.1, 0.15) is 24.8 Å². The lowest BCUT2D eigenvalue weighted by Gasteiger charge is -2.42. The molecule has 1 amide bonds. The van der Waals surface area contributed by atoms with Crippen LogP contribution in [0.2, 0.25) is 0 Å². The predicted octanol–water partition coefficient (Wildman–Crippen LogP) is 4.39. The topological polar surface area (TPSA) is 51.1 Å². The molecule has 0 bridgehead atoms. The van der Waals surface area contributed by atoms with Crippen LogP contribution in [0.4, 0.5) is 0 Å². The Morgan fingerprint density at radius 3 is 1.97 bits per heavy atom. The number of carbonyl (C=O) groups excluding carboxylic acids is 1. The molecule has 5 rings (SSSR count). The molecule has 1 aliphatic rings. The molecule has 1 aromatic heterocycles. The van der Waals surface area contributed by atoms with E-state index in [0.29, 0.717) is 17.3 Å². The first-order valence-corrected chi connectivity index (χ1v) is 10.5. The maximum atomic E-state index is 13.0. The Labute approximate surface area is 175 Å². The number of para-hydroxylation sites is 2. The highest BCUT2D eigenvalue weighted by Gasteiger charge is 2.38. The van der Waals surface area contributed by atoms with Gasteiger partial charge in [0.05, 0.1) is 11.0 Å². The van der Waals surface area contributed by atoms with Gasteiger partial charge in [-0.15, -0.1) is 0 Å². The van der Waals surface area contributed by atoms with E-state index in [9.17, 15) is 9.59 Å². The highest BCUT2D eigenvalue weighted by atomic mass is 16.2. The molecule has 4 heteroatoms. The van der Waals surface area contributed by atoms with E-state index in [4.69, 9.17) is 0 Å². The average Bonchev–Trinajstić information content (AvgIpc) is 2.77. The summed E-state index contributed by atoms with van der Waals surface area (Å²) in [6, 6.07) is 25.5. The van der Waals surface area contributed by atoms with Crippen LogP contribution in [0.15, 0.2) is 83.7 Å². The number of nitrogens with zero attached hydrogens (tertiary/aromatic N) is 1. The highest BCUT2D eigenvalue weighted by molar-refractivity contribution is 5.94. The zero-order valence-corrected chi connectivity index (χ0v) is 16.8. The van der Waals surface area contributed by atoms with Crippen molar-refractivity contribution in [2.24, 2.45) is 0 Å². The predicted molar refractivity (Wildman–Crippen MR) is 121 cm³/mol. The Balaban J connectivity index is 1.45. The van der Waals surface area contributed by atoms with Crippen molar-refractivity contribution in [1.82, 2.24) is 9.88 Å². The molecular weight excluding hydrogens is 372 g/mol. The molecule has 0 spiro atoms. The quantitative estimate of drug-likeness (QED) is 0.509. The summed E-state index contributed by atoms with van der Waals surface area (Å²) >= 11 is 0. The van der Waals surface area contributed by atoms with Gasteiger partial charge in [-0.2, -0.15) is 0 Å². The number of nitrogens with one attached hydrogen (secondary N) is 1. The van der Waals surface area contributed by atoms with E-state index < -0.39 is 0 Å². The number of benzene rings is 3. The van der Waals surface area contributed by atoms with Crippen LogP contribution in [0.25, 0.3) is 21.8 Å². The molecule has 150 valence electrons. The Morgan fingerprint density at radius 2 is 1.40 bits per heavy atom. The lowest BCUT2D eigenvalue weighted by Crippen LogP contribution is -2.46. The van der Waals surface area contributed by atoms with Gasteiger partial charge in [-0.25, -0.2) is 0 Å². The van der Waals surface area contributed by atoms with Crippen LogP contribution < -0.4 is 10.7 Å². The lowest BCUT2D eigenvalue weighted by atomic mass is 9.64. The van der Waals surface area contributed by atoms with Crippen LogP contribution in [-0.2, 0) is 16.8 Å². The van der Waals surface area contributed by atoms with Gasteiger partial charge in [-0.1, -0.05) is 61.0 Å². The van der Waals surface area contributed by atoms with E-state index in [-0.39, 0.29) is 23.3 Å². The van der Waals surface area contributed by atoms with Gasteiger partial charge >= 0.3 is 0 Å². The summed E-state index contributed by atoms with van der Waals surface area (Å²) in [5.74, 6) is -0.0313. The first-order chi connectivity index (χ1) is 14.7. The summed E-state index contributed by atoms with van der Waals surface area (Å²) in [5, 5.41) is 4.46. The van der Waals surface area contributed by atoms with Crippen LogP contribution in [-0.4, -0.2) is 17.0 Å². The molecule has 0 aliphatic heterocycles.